The second-order valence-corrected chi connectivity index (χ2v) is 11.1. The normalized spacial score (nSPS) is 15.4. The highest BCUT2D eigenvalue weighted by Crippen LogP contribution is 2.38. The van der Waals surface area contributed by atoms with Crippen LogP contribution in [-0.4, -0.2) is 20.9 Å². The Balaban J connectivity index is 1.78. The number of thiophene rings is 1. The maximum absolute atomic E-state index is 13.9. The van der Waals surface area contributed by atoms with Crippen LogP contribution in [0, 0.1) is 6.92 Å². The van der Waals surface area contributed by atoms with E-state index in [4.69, 9.17) is 9.72 Å². The number of benzene rings is 1. The zero-order chi connectivity index (χ0) is 22.0. The van der Waals surface area contributed by atoms with Gasteiger partial charge in [0.05, 0.1) is 23.3 Å². The van der Waals surface area contributed by atoms with Crippen molar-refractivity contribution < 1.29 is 4.74 Å². The molecule has 0 amide bonds. The molecule has 0 radical (unpaired) electrons. The maximum atomic E-state index is 13.9. The van der Waals surface area contributed by atoms with Crippen LogP contribution in [0.25, 0.3) is 15.9 Å². The largest absolute Gasteiger partial charge is 0.370 e. The van der Waals surface area contributed by atoms with E-state index >= 15 is 0 Å². The van der Waals surface area contributed by atoms with Crippen molar-refractivity contribution in [2.45, 2.75) is 83.6 Å². The third-order valence-electron chi connectivity index (χ3n) is 5.91. The van der Waals surface area contributed by atoms with Gasteiger partial charge in [0.15, 0.2) is 5.16 Å². The van der Waals surface area contributed by atoms with Crippen LogP contribution < -0.4 is 5.56 Å². The van der Waals surface area contributed by atoms with E-state index < -0.39 is 0 Å². The predicted octanol–water partition coefficient (Wildman–Crippen LogP) is 6.67. The summed E-state index contributed by atoms with van der Waals surface area (Å²) in [4.78, 5) is 20.9. The van der Waals surface area contributed by atoms with Crippen LogP contribution in [0.3, 0.4) is 0 Å². The lowest BCUT2D eigenvalue weighted by Crippen LogP contribution is -2.32. The van der Waals surface area contributed by atoms with Crippen molar-refractivity contribution in [1.29, 1.82) is 0 Å². The van der Waals surface area contributed by atoms with Gasteiger partial charge in [-0.1, -0.05) is 62.6 Å². The van der Waals surface area contributed by atoms with Crippen LogP contribution in [0.1, 0.15) is 68.9 Å². The van der Waals surface area contributed by atoms with Crippen LogP contribution in [0.15, 0.2) is 34.2 Å². The average molecular weight is 457 g/mol. The highest BCUT2D eigenvalue weighted by molar-refractivity contribution is 7.99. The number of para-hydroxylation sites is 1. The van der Waals surface area contributed by atoms with Gasteiger partial charge in [-0.15, -0.1) is 11.3 Å². The first-order valence-corrected chi connectivity index (χ1v) is 13.1. The highest BCUT2D eigenvalue weighted by Gasteiger charge is 2.31. The summed E-state index contributed by atoms with van der Waals surface area (Å²) in [5.41, 5.74) is 2.95. The Hall–Kier alpha value is -1.63. The van der Waals surface area contributed by atoms with Crippen molar-refractivity contribution in [3.05, 3.63) is 50.6 Å². The number of hydrogen-bond donors (Lipinski definition) is 0. The number of aromatic nitrogens is 2. The van der Waals surface area contributed by atoms with Crippen LogP contribution in [0.4, 0.5) is 0 Å². The Morgan fingerprint density at radius 3 is 2.74 bits per heavy atom. The van der Waals surface area contributed by atoms with Gasteiger partial charge in [-0.2, -0.15) is 0 Å². The zero-order valence-corrected chi connectivity index (χ0v) is 20.6. The third-order valence-corrected chi connectivity index (χ3v) is 8.03. The Labute approximate surface area is 193 Å². The molecule has 0 N–H and O–H groups in total. The monoisotopic (exact) mass is 456 g/mol. The summed E-state index contributed by atoms with van der Waals surface area (Å²) in [6.45, 7) is 9.05. The first-order valence-electron chi connectivity index (χ1n) is 11.3. The first-order chi connectivity index (χ1) is 14.9. The Morgan fingerprint density at radius 2 is 1.97 bits per heavy atom. The molecular formula is C25H32N2O2S2. The molecule has 2 aromatic heterocycles. The van der Waals surface area contributed by atoms with Crippen LogP contribution in [0.5, 0.6) is 0 Å². The zero-order valence-electron chi connectivity index (χ0n) is 19.0. The minimum absolute atomic E-state index is 0.0583. The Kier molecular flexibility index (Phi) is 6.89. The Morgan fingerprint density at radius 1 is 1.19 bits per heavy atom. The molecule has 3 aromatic rings. The number of ether oxygens (including phenoxy) is 1. The number of fused-ring (bicyclic) bond motifs is 3. The summed E-state index contributed by atoms with van der Waals surface area (Å²) in [6, 6.07) is 8.10. The molecule has 0 atom stereocenters. The van der Waals surface area contributed by atoms with Gasteiger partial charge >= 0.3 is 0 Å². The Bertz CT molecular complexity index is 1130. The molecule has 0 spiro atoms. The van der Waals surface area contributed by atoms with Crippen molar-refractivity contribution in [2.24, 2.45) is 0 Å². The molecule has 0 saturated carbocycles. The lowest BCUT2D eigenvalue weighted by atomic mass is 9.94. The number of thioether (sulfide) groups is 1. The number of rotatable bonds is 8. The van der Waals surface area contributed by atoms with Gasteiger partial charge in [0.25, 0.3) is 5.56 Å². The highest BCUT2D eigenvalue weighted by atomic mass is 32.2. The van der Waals surface area contributed by atoms with E-state index in [1.165, 1.54) is 25.7 Å². The summed E-state index contributed by atoms with van der Waals surface area (Å²) in [6.07, 6.45) is 6.95. The molecule has 0 unspecified atom stereocenters. The molecule has 1 aromatic carbocycles. The summed E-state index contributed by atoms with van der Waals surface area (Å²) >= 11 is 3.34. The third kappa shape index (κ3) is 4.76. The minimum atomic E-state index is -0.257. The lowest BCUT2D eigenvalue weighted by molar-refractivity contribution is -0.0379. The fraction of sp³-hybridized carbons (Fsp3) is 0.520. The molecule has 4 nitrogen and oxygen atoms in total. The number of nitrogens with zero attached hydrogens (tertiary/aromatic N) is 2. The molecule has 0 aliphatic carbocycles. The van der Waals surface area contributed by atoms with Crippen molar-refractivity contribution >= 4 is 33.3 Å². The fourth-order valence-corrected chi connectivity index (χ4v) is 6.31. The summed E-state index contributed by atoms with van der Waals surface area (Å²) in [5, 5.41) is 1.59. The van der Waals surface area contributed by atoms with Crippen molar-refractivity contribution in [3.8, 4) is 5.69 Å². The van der Waals surface area contributed by atoms with Gasteiger partial charge in [0.2, 0.25) is 0 Å². The van der Waals surface area contributed by atoms with E-state index in [0.717, 1.165) is 55.7 Å². The molecule has 0 bridgehead atoms. The quantitative estimate of drug-likeness (QED) is 0.216. The molecule has 3 heterocycles. The van der Waals surface area contributed by atoms with Gasteiger partial charge in [0.1, 0.15) is 4.83 Å². The SMILES string of the molecule is CCCCCCCSc1nc2sc3c(c2c(=O)n1-c1ccccc1C)CC(C)(C)OC3. The molecule has 6 heteroatoms. The van der Waals surface area contributed by atoms with E-state index in [-0.39, 0.29) is 11.2 Å². The molecule has 31 heavy (non-hydrogen) atoms. The second kappa shape index (κ2) is 9.47. The average Bonchev–Trinajstić information content (AvgIpc) is 3.08. The van der Waals surface area contributed by atoms with Crippen LogP contribution >= 0.6 is 23.1 Å². The van der Waals surface area contributed by atoms with Gasteiger partial charge in [-0.05, 0) is 44.4 Å². The molecule has 0 saturated heterocycles. The summed E-state index contributed by atoms with van der Waals surface area (Å²) < 4.78 is 7.86. The molecule has 1 aliphatic rings. The lowest BCUT2D eigenvalue weighted by Gasteiger charge is -2.30. The van der Waals surface area contributed by atoms with Crippen molar-refractivity contribution in [1.82, 2.24) is 9.55 Å². The first kappa shape index (κ1) is 22.6. The summed E-state index contributed by atoms with van der Waals surface area (Å²) in [7, 11) is 0. The molecular weight excluding hydrogens is 424 g/mol. The summed E-state index contributed by atoms with van der Waals surface area (Å²) in [5.74, 6) is 0.981. The fourth-order valence-electron chi connectivity index (χ4n) is 4.17. The molecule has 0 fully saturated rings. The standard InChI is InChI=1S/C25H32N2O2S2/c1-5-6-7-8-11-14-30-24-26-22-21(18-15-25(3,4)29-16-20(18)31-22)23(28)27(24)19-13-10-9-12-17(19)2/h9-10,12-13H,5-8,11,14-16H2,1-4H3. The van der Waals surface area contributed by atoms with Gasteiger partial charge < -0.3 is 4.74 Å². The molecule has 166 valence electrons. The smallest absolute Gasteiger partial charge is 0.267 e. The van der Waals surface area contributed by atoms with Crippen molar-refractivity contribution in [2.75, 3.05) is 5.75 Å². The van der Waals surface area contributed by atoms with Gasteiger partial charge in [-0.25, -0.2) is 4.98 Å². The molecule has 4 rings (SSSR count). The second-order valence-electron chi connectivity index (χ2n) is 8.99. The van der Waals surface area contributed by atoms with Crippen molar-refractivity contribution in [3.63, 3.8) is 0 Å². The number of unbranched alkanes of at least 4 members (excludes halogenated alkanes) is 4. The van der Waals surface area contributed by atoms with Crippen LogP contribution in [-0.2, 0) is 17.8 Å². The van der Waals surface area contributed by atoms with E-state index in [0.29, 0.717) is 6.61 Å². The van der Waals surface area contributed by atoms with Crippen LogP contribution in [0.2, 0.25) is 0 Å². The van der Waals surface area contributed by atoms with E-state index in [9.17, 15) is 4.79 Å². The number of hydrogen-bond acceptors (Lipinski definition) is 5. The predicted molar refractivity (Wildman–Crippen MR) is 132 cm³/mol. The van der Waals surface area contributed by atoms with Gasteiger partial charge in [0, 0.05) is 17.1 Å². The van der Waals surface area contributed by atoms with E-state index in [1.807, 2.05) is 22.8 Å². The molecule has 1 aliphatic heterocycles. The number of aryl methyl sites for hydroxylation is 1. The van der Waals surface area contributed by atoms with E-state index in [2.05, 4.69) is 33.8 Å². The topological polar surface area (TPSA) is 44.1 Å². The van der Waals surface area contributed by atoms with E-state index in [1.54, 1.807) is 23.1 Å². The minimum Gasteiger partial charge on any atom is -0.370 e. The maximum Gasteiger partial charge on any atom is 0.267 e. The van der Waals surface area contributed by atoms with Gasteiger partial charge in [-0.3, -0.25) is 9.36 Å².